The number of hydrogen-bond donors (Lipinski definition) is 2. The second-order valence-electron chi connectivity index (χ2n) is 4.31. The minimum absolute atomic E-state index is 0. The number of methoxy groups -OCH3 is 1. The average Bonchev–Trinajstić information content (AvgIpc) is 2.45. The zero-order valence-corrected chi connectivity index (χ0v) is 12.8. The lowest BCUT2D eigenvalue weighted by Gasteiger charge is -2.18. The van der Waals surface area contributed by atoms with Gasteiger partial charge in [-0.1, -0.05) is 12.1 Å². The van der Waals surface area contributed by atoms with Gasteiger partial charge in [0.1, 0.15) is 5.82 Å². The Hall–Kier alpha value is -1.66. The van der Waals surface area contributed by atoms with Gasteiger partial charge in [0.05, 0.1) is 19.6 Å². The van der Waals surface area contributed by atoms with Crippen molar-refractivity contribution in [3.63, 3.8) is 0 Å². The van der Waals surface area contributed by atoms with Crippen LogP contribution >= 0.6 is 12.4 Å². The summed E-state index contributed by atoms with van der Waals surface area (Å²) in [6.07, 6.45) is 0.308. The molecular weight excluding hydrogens is 299 g/mol. The highest BCUT2D eigenvalue weighted by Gasteiger charge is 2.18. The van der Waals surface area contributed by atoms with Gasteiger partial charge in [0.25, 0.3) is 0 Å². The van der Waals surface area contributed by atoms with Gasteiger partial charge in [-0.05, 0) is 24.7 Å². The molecule has 0 aliphatic carbocycles. The summed E-state index contributed by atoms with van der Waals surface area (Å²) in [4.78, 5) is 23.1. The van der Waals surface area contributed by atoms with Crippen molar-refractivity contribution in [2.45, 2.75) is 18.9 Å². The van der Waals surface area contributed by atoms with E-state index in [9.17, 15) is 14.0 Å². The van der Waals surface area contributed by atoms with Gasteiger partial charge < -0.3 is 15.4 Å². The van der Waals surface area contributed by atoms with Crippen LogP contribution in [-0.4, -0.2) is 32.6 Å². The molecule has 0 saturated carbocycles. The summed E-state index contributed by atoms with van der Waals surface area (Å²) in [6, 6.07) is 5.15. The molecule has 21 heavy (non-hydrogen) atoms. The van der Waals surface area contributed by atoms with E-state index in [0.717, 1.165) is 0 Å². The second kappa shape index (κ2) is 10.1. The molecule has 0 fully saturated rings. The maximum Gasteiger partial charge on any atom is 0.307 e. The largest absolute Gasteiger partial charge is 0.469 e. The number of benzene rings is 1. The topological polar surface area (TPSA) is 67.4 Å². The fraction of sp³-hybridized carbons (Fsp3) is 0.429. The molecule has 0 bridgehead atoms. The van der Waals surface area contributed by atoms with Crippen LogP contribution in [0.2, 0.25) is 0 Å². The molecule has 2 N–H and O–H groups in total. The summed E-state index contributed by atoms with van der Waals surface area (Å²) in [6.45, 7) is 0.542. The van der Waals surface area contributed by atoms with E-state index in [1.165, 1.54) is 19.2 Å². The molecule has 7 heteroatoms. The van der Waals surface area contributed by atoms with Crippen molar-refractivity contribution in [1.82, 2.24) is 10.6 Å². The first-order valence-corrected chi connectivity index (χ1v) is 6.33. The molecule has 5 nitrogen and oxygen atoms in total. The van der Waals surface area contributed by atoms with Crippen molar-refractivity contribution in [2.75, 3.05) is 20.7 Å². The van der Waals surface area contributed by atoms with Crippen molar-refractivity contribution < 1.29 is 18.7 Å². The molecular formula is C14H20ClFN2O3. The molecule has 118 valence electrons. The minimum atomic E-state index is -0.521. The number of halogens is 2. The van der Waals surface area contributed by atoms with Crippen LogP contribution in [-0.2, 0) is 14.3 Å². The van der Waals surface area contributed by atoms with Gasteiger partial charge in [0.15, 0.2) is 0 Å². The molecule has 1 rings (SSSR count). The lowest BCUT2D eigenvalue weighted by atomic mass is 10.0. The van der Waals surface area contributed by atoms with Crippen LogP contribution in [0.25, 0.3) is 0 Å². The summed E-state index contributed by atoms with van der Waals surface area (Å²) < 4.78 is 17.5. The van der Waals surface area contributed by atoms with Crippen LogP contribution in [0.4, 0.5) is 4.39 Å². The fourth-order valence-corrected chi connectivity index (χ4v) is 1.70. The first-order chi connectivity index (χ1) is 9.56. The first-order valence-electron chi connectivity index (χ1n) is 6.33. The van der Waals surface area contributed by atoms with E-state index in [2.05, 4.69) is 15.4 Å². The van der Waals surface area contributed by atoms with Crippen LogP contribution in [0.3, 0.4) is 0 Å². The predicted molar refractivity (Wildman–Crippen MR) is 79.7 cm³/mol. The molecule has 0 spiro atoms. The summed E-state index contributed by atoms with van der Waals surface area (Å²) in [7, 11) is 3.03. The Kier molecular flexibility index (Phi) is 9.32. The Morgan fingerprint density at radius 2 is 1.90 bits per heavy atom. The van der Waals surface area contributed by atoms with E-state index in [-0.39, 0.29) is 30.6 Å². The Bertz CT molecular complexity index is 454. The van der Waals surface area contributed by atoms with Crippen molar-refractivity contribution >= 4 is 24.3 Å². The zero-order valence-electron chi connectivity index (χ0n) is 12.0. The Labute approximate surface area is 129 Å². The van der Waals surface area contributed by atoms with Gasteiger partial charge in [-0.2, -0.15) is 0 Å². The normalized spacial score (nSPS) is 11.2. The lowest BCUT2D eigenvalue weighted by Crippen LogP contribution is -2.32. The van der Waals surface area contributed by atoms with Crippen LogP contribution in [0.5, 0.6) is 0 Å². The molecule has 1 unspecified atom stereocenters. The maximum atomic E-state index is 12.9. The Balaban J connectivity index is 0.00000400. The van der Waals surface area contributed by atoms with E-state index >= 15 is 0 Å². The number of rotatable bonds is 7. The monoisotopic (exact) mass is 318 g/mol. The molecule has 0 aliphatic rings. The van der Waals surface area contributed by atoms with Crippen LogP contribution in [0, 0.1) is 5.82 Å². The van der Waals surface area contributed by atoms with E-state index in [1.54, 1.807) is 19.2 Å². The zero-order chi connectivity index (χ0) is 15.0. The fourth-order valence-electron chi connectivity index (χ4n) is 1.70. The molecule has 0 aromatic heterocycles. The molecule has 0 heterocycles. The lowest BCUT2D eigenvalue weighted by molar-refractivity contribution is -0.141. The van der Waals surface area contributed by atoms with Crippen molar-refractivity contribution in [3.05, 3.63) is 35.6 Å². The van der Waals surface area contributed by atoms with Crippen LogP contribution in [0.1, 0.15) is 24.4 Å². The number of nitrogens with one attached hydrogen (secondary N) is 2. The minimum Gasteiger partial charge on any atom is -0.469 e. The van der Waals surface area contributed by atoms with Crippen LogP contribution in [0.15, 0.2) is 24.3 Å². The molecule has 0 radical (unpaired) electrons. The summed E-state index contributed by atoms with van der Waals surface area (Å²) in [5, 5.41) is 5.62. The SMILES string of the molecule is CNCCC(=O)NC(CC(=O)OC)c1ccc(F)cc1.Cl. The van der Waals surface area contributed by atoms with Gasteiger partial charge in [0, 0.05) is 13.0 Å². The standard InChI is InChI=1S/C14H19FN2O3.ClH/c1-16-8-7-13(18)17-12(9-14(19)20-2)10-3-5-11(15)6-4-10;/h3-6,12,16H,7-9H2,1-2H3,(H,17,18);1H. The number of esters is 1. The van der Waals surface area contributed by atoms with Gasteiger partial charge in [-0.15, -0.1) is 12.4 Å². The first kappa shape index (κ1) is 19.3. The number of amides is 1. The average molecular weight is 319 g/mol. The Morgan fingerprint density at radius 3 is 2.43 bits per heavy atom. The number of hydrogen-bond acceptors (Lipinski definition) is 4. The summed E-state index contributed by atoms with van der Waals surface area (Å²) in [5.41, 5.74) is 0.662. The predicted octanol–water partition coefficient (Wildman–Crippen LogP) is 1.58. The Morgan fingerprint density at radius 1 is 1.29 bits per heavy atom. The third kappa shape index (κ3) is 7.06. The quantitative estimate of drug-likeness (QED) is 0.749. The smallest absolute Gasteiger partial charge is 0.307 e. The maximum absolute atomic E-state index is 12.9. The number of carbonyl (C=O) groups is 2. The third-order valence-electron chi connectivity index (χ3n) is 2.81. The summed E-state index contributed by atoms with van der Waals surface area (Å²) in [5.74, 6) is -0.988. The van der Waals surface area contributed by atoms with Gasteiger partial charge >= 0.3 is 5.97 Å². The molecule has 1 amide bonds. The third-order valence-corrected chi connectivity index (χ3v) is 2.81. The highest BCUT2D eigenvalue weighted by Crippen LogP contribution is 2.18. The van der Waals surface area contributed by atoms with Crippen molar-refractivity contribution in [2.24, 2.45) is 0 Å². The summed E-state index contributed by atoms with van der Waals surface area (Å²) >= 11 is 0. The van der Waals surface area contributed by atoms with Gasteiger partial charge in [0.2, 0.25) is 5.91 Å². The van der Waals surface area contributed by atoms with Gasteiger partial charge in [-0.25, -0.2) is 4.39 Å². The van der Waals surface area contributed by atoms with E-state index in [1.807, 2.05) is 0 Å². The molecule has 1 aromatic carbocycles. The highest BCUT2D eigenvalue weighted by atomic mass is 35.5. The van der Waals surface area contributed by atoms with Crippen molar-refractivity contribution in [1.29, 1.82) is 0 Å². The molecule has 0 saturated heterocycles. The van der Waals surface area contributed by atoms with E-state index < -0.39 is 12.0 Å². The van der Waals surface area contributed by atoms with E-state index in [0.29, 0.717) is 18.5 Å². The second-order valence-corrected chi connectivity index (χ2v) is 4.31. The van der Waals surface area contributed by atoms with Crippen molar-refractivity contribution in [3.8, 4) is 0 Å². The number of ether oxygens (including phenoxy) is 1. The number of carbonyl (C=O) groups excluding carboxylic acids is 2. The molecule has 1 atom stereocenters. The molecule has 1 aromatic rings. The van der Waals surface area contributed by atoms with E-state index in [4.69, 9.17) is 0 Å². The molecule has 0 aliphatic heterocycles. The van der Waals surface area contributed by atoms with Gasteiger partial charge in [-0.3, -0.25) is 9.59 Å². The highest BCUT2D eigenvalue weighted by molar-refractivity contribution is 5.85. The van der Waals surface area contributed by atoms with Crippen LogP contribution < -0.4 is 10.6 Å².